The van der Waals surface area contributed by atoms with Gasteiger partial charge in [0.25, 0.3) is 0 Å². The largest absolute Gasteiger partial charge is 0.357 e. The number of guanidine groups is 1. The fourth-order valence-corrected chi connectivity index (χ4v) is 1.85. The van der Waals surface area contributed by atoms with Crippen LogP contribution in [0, 0.1) is 11.8 Å². The van der Waals surface area contributed by atoms with Crippen molar-refractivity contribution >= 4 is 5.96 Å². The van der Waals surface area contributed by atoms with Gasteiger partial charge in [0, 0.05) is 38.6 Å². The Morgan fingerprint density at radius 1 is 1.30 bits per heavy atom. The molecule has 0 radical (unpaired) electrons. The molecule has 5 heteroatoms. The van der Waals surface area contributed by atoms with E-state index >= 15 is 0 Å². The number of rotatable bonds is 8. The van der Waals surface area contributed by atoms with Gasteiger partial charge >= 0.3 is 0 Å². The Labute approximate surface area is 122 Å². The van der Waals surface area contributed by atoms with E-state index in [1.165, 1.54) is 0 Å². The molecular weight excluding hydrogens is 250 g/mol. The molecule has 114 valence electrons. The summed E-state index contributed by atoms with van der Waals surface area (Å²) < 4.78 is 1.96. The van der Waals surface area contributed by atoms with Crippen LogP contribution in [0.15, 0.2) is 23.5 Å². The van der Waals surface area contributed by atoms with Crippen LogP contribution in [0.3, 0.4) is 0 Å². The molecule has 0 saturated carbocycles. The summed E-state index contributed by atoms with van der Waals surface area (Å²) in [4.78, 5) is 4.64. The van der Waals surface area contributed by atoms with E-state index < -0.39 is 0 Å². The van der Waals surface area contributed by atoms with Gasteiger partial charge < -0.3 is 10.6 Å². The fraction of sp³-hybridized carbons (Fsp3) is 0.733. The SMILES string of the molecule is CCNC(=NCC(C)Cn1cccn1)NCCC(C)C. The van der Waals surface area contributed by atoms with E-state index in [1.807, 2.05) is 23.1 Å². The average molecular weight is 279 g/mol. The second-order valence-corrected chi connectivity index (χ2v) is 5.66. The number of aromatic nitrogens is 2. The van der Waals surface area contributed by atoms with Crippen molar-refractivity contribution in [3.63, 3.8) is 0 Å². The van der Waals surface area contributed by atoms with Crippen molar-refractivity contribution in [2.24, 2.45) is 16.8 Å². The van der Waals surface area contributed by atoms with E-state index in [0.29, 0.717) is 11.8 Å². The number of hydrogen-bond acceptors (Lipinski definition) is 2. The summed E-state index contributed by atoms with van der Waals surface area (Å²) in [6, 6.07) is 1.95. The zero-order chi connectivity index (χ0) is 14.8. The number of aliphatic imine (C=N–C) groups is 1. The lowest BCUT2D eigenvalue weighted by Crippen LogP contribution is -2.38. The third-order valence-corrected chi connectivity index (χ3v) is 2.98. The first-order valence-electron chi connectivity index (χ1n) is 7.61. The standard InChI is InChI=1S/C15H29N5/c1-5-16-15(17-9-7-13(2)3)18-11-14(4)12-20-10-6-8-19-20/h6,8,10,13-14H,5,7,9,11-12H2,1-4H3,(H2,16,17,18). The van der Waals surface area contributed by atoms with E-state index in [2.05, 4.69) is 48.4 Å². The van der Waals surface area contributed by atoms with Crippen LogP contribution in [0.5, 0.6) is 0 Å². The summed E-state index contributed by atoms with van der Waals surface area (Å²) in [6.07, 6.45) is 4.97. The van der Waals surface area contributed by atoms with Crippen molar-refractivity contribution < 1.29 is 0 Å². The van der Waals surface area contributed by atoms with Crippen LogP contribution < -0.4 is 10.6 Å². The van der Waals surface area contributed by atoms with Gasteiger partial charge in [-0.15, -0.1) is 0 Å². The molecule has 1 rings (SSSR count). The van der Waals surface area contributed by atoms with Gasteiger partial charge in [-0.05, 0) is 31.2 Å². The summed E-state index contributed by atoms with van der Waals surface area (Å²) in [6.45, 7) is 12.3. The van der Waals surface area contributed by atoms with Crippen LogP contribution in [-0.4, -0.2) is 35.4 Å². The Morgan fingerprint density at radius 2 is 2.10 bits per heavy atom. The first-order valence-corrected chi connectivity index (χ1v) is 7.61. The smallest absolute Gasteiger partial charge is 0.191 e. The average Bonchev–Trinajstić information content (AvgIpc) is 2.88. The summed E-state index contributed by atoms with van der Waals surface area (Å²) in [5, 5.41) is 10.9. The molecule has 1 atom stereocenters. The van der Waals surface area contributed by atoms with Gasteiger partial charge in [0.15, 0.2) is 5.96 Å². The molecule has 2 N–H and O–H groups in total. The van der Waals surface area contributed by atoms with Gasteiger partial charge in [-0.3, -0.25) is 9.67 Å². The maximum atomic E-state index is 4.64. The first-order chi connectivity index (χ1) is 9.61. The normalized spacial score (nSPS) is 13.6. The molecule has 1 heterocycles. The Balaban J connectivity index is 2.36. The molecule has 0 aromatic carbocycles. The minimum Gasteiger partial charge on any atom is -0.357 e. The predicted octanol–water partition coefficient (Wildman–Crippen LogP) is 2.12. The van der Waals surface area contributed by atoms with E-state index in [0.717, 1.165) is 38.6 Å². The molecule has 1 unspecified atom stereocenters. The Hall–Kier alpha value is -1.52. The van der Waals surface area contributed by atoms with Crippen LogP contribution >= 0.6 is 0 Å². The van der Waals surface area contributed by atoms with E-state index in [1.54, 1.807) is 0 Å². The Morgan fingerprint density at radius 3 is 2.70 bits per heavy atom. The predicted molar refractivity (Wildman–Crippen MR) is 84.8 cm³/mol. The highest BCUT2D eigenvalue weighted by molar-refractivity contribution is 5.79. The minimum absolute atomic E-state index is 0.468. The maximum absolute atomic E-state index is 4.64. The molecule has 0 amide bonds. The molecule has 0 aliphatic rings. The van der Waals surface area contributed by atoms with Crippen molar-refractivity contribution in [1.82, 2.24) is 20.4 Å². The highest BCUT2D eigenvalue weighted by Gasteiger charge is 2.04. The zero-order valence-electron chi connectivity index (χ0n) is 13.3. The third-order valence-electron chi connectivity index (χ3n) is 2.98. The molecule has 0 saturated heterocycles. The maximum Gasteiger partial charge on any atom is 0.191 e. The third kappa shape index (κ3) is 7.16. The van der Waals surface area contributed by atoms with Gasteiger partial charge in [0.05, 0.1) is 0 Å². The lowest BCUT2D eigenvalue weighted by atomic mass is 10.1. The molecule has 20 heavy (non-hydrogen) atoms. The molecule has 0 aliphatic heterocycles. The monoisotopic (exact) mass is 279 g/mol. The van der Waals surface area contributed by atoms with Gasteiger partial charge in [-0.25, -0.2) is 0 Å². The van der Waals surface area contributed by atoms with Crippen LogP contribution in [0.1, 0.15) is 34.1 Å². The van der Waals surface area contributed by atoms with Gasteiger partial charge in [0.2, 0.25) is 0 Å². The zero-order valence-corrected chi connectivity index (χ0v) is 13.3. The van der Waals surface area contributed by atoms with Crippen LogP contribution in [0.4, 0.5) is 0 Å². The van der Waals surface area contributed by atoms with Crippen LogP contribution in [0.25, 0.3) is 0 Å². The van der Waals surface area contributed by atoms with Crippen molar-refractivity contribution in [2.75, 3.05) is 19.6 Å². The Bertz CT molecular complexity index is 370. The fourth-order valence-electron chi connectivity index (χ4n) is 1.85. The lowest BCUT2D eigenvalue weighted by molar-refractivity contribution is 0.458. The van der Waals surface area contributed by atoms with Gasteiger partial charge in [0.1, 0.15) is 0 Å². The van der Waals surface area contributed by atoms with Crippen molar-refractivity contribution in [2.45, 2.75) is 40.7 Å². The highest BCUT2D eigenvalue weighted by Crippen LogP contribution is 2.00. The van der Waals surface area contributed by atoms with Gasteiger partial charge in [-0.1, -0.05) is 20.8 Å². The molecule has 1 aromatic rings. The topological polar surface area (TPSA) is 54.2 Å². The molecule has 5 nitrogen and oxygen atoms in total. The van der Waals surface area contributed by atoms with Crippen molar-refractivity contribution in [3.8, 4) is 0 Å². The lowest BCUT2D eigenvalue weighted by Gasteiger charge is -2.14. The number of hydrogen-bond donors (Lipinski definition) is 2. The summed E-state index contributed by atoms with van der Waals surface area (Å²) in [5.41, 5.74) is 0. The minimum atomic E-state index is 0.468. The highest BCUT2D eigenvalue weighted by atomic mass is 15.3. The van der Waals surface area contributed by atoms with E-state index in [-0.39, 0.29) is 0 Å². The molecule has 0 bridgehead atoms. The van der Waals surface area contributed by atoms with Crippen LogP contribution in [0.2, 0.25) is 0 Å². The number of nitrogens with zero attached hydrogens (tertiary/aromatic N) is 3. The summed E-state index contributed by atoms with van der Waals surface area (Å²) in [5.74, 6) is 2.10. The molecular formula is C15H29N5. The van der Waals surface area contributed by atoms with Crippen molar-refractivity contribution in [3.05, 3.63) is 18.5 Å². The van der Waals surface area contributed by atoms with Crippen LogP contribution in [-0.2, 0) is 6.54 Å². The Kier molecular flexibility index (Phi) is 7.77. The van der Waals surface area contributed by atoms with E-state index in [9.17, 15) is 0 Å². The van der Waals surface area contributed by atoms with Gasteiger partial charge in [-0.2, -0.15) is 5.10 Å². The van der Waals surface area contributed by atoms with E-state index in [4.69, 9.17) is 0 Å². The molecule has 1 aromatic heterocycles. The molecule has 0 spiro atoms. The second-order valence-electron chi connectivity index (χ2n) is 5.66. The summed E-state index contributed by atoms with van der Waals surface area (Å²) in [7, 11) is 0. The number of nitrogens with one attached hydrogen (secondary N) is 2. The van der Waals surface area contributed by atoms with Crippen molar-refractivity contribution in [1.29, 1.82) is 0 Å². The summed E-state index contributed by atoms with van der Waals surface area (Å²) >= 11 is 0. The second kappa shape index (κ2) is 9.39. The molecule has 0 aliphatic carbocycles. The first kappa shape index (κ1) is 16.5. The molecule has 0 fully saturated rings. The quantitative estimate of drug-likeness (QED) is 0.566.